The second kappa shape index (κ2) is 5.33. The van der Waals surface area contributed by atoms with Gasteiger partial charge in [0.25, 0.3) is 0 Å². The number of halogens is 2. The zero-order chi connectivity index (χ0) is 14.1. The van der Waals surface area contributed by atoms with Gasteiger partial charge in [-0.3, -0.25) is 0 Å². The third kappa shape index (κ3) is 2.34. The maximum absolute atomic E-state index is 13.4. The van der Waals surface area contributed by atoms with Crippen LogP contribution in [0.3, 0.4) is 0 Å². The van der Waals surface area contributed by atoms with Crippen LogP contribution in [0, 0.1) is 5.82 Å². The van der Waals surface area contributed by atoms with Crippen LogP contribution in [0.4, 0.5) is 4.39 Å². The van der Waals surface area contributed by atoms with Crippen molar-refractivity contribution in [1.29, 1.82) is 0 Å². The summed E-state index contributed by atoms with van der Waals surface area (Å²) in [4.78, 5) is 0. The van der Waals surface area contributed by atoms with Gasteiger partial charge in [-0.2, -0.15) is 0 Å². The zero-order valence-corrected chi connectivity index (χ0v) is 11.8. The number of hydrogen-bond acceptors (Lipinski definition) is 2. The third-order valence-electron chi connectivity index (χ3n) is 3.47. The summed E-state index contributed by atoms with van der Waals surface area (Å²) in [5, 5.41) is -0.452. The minimum absolute atomic E-state index is 0.323. The summed E-state index contributed by atoms with van der Waals surface area (Å²) in [6, 6.07) is 10.2. The fourth-order valence-corrected chi connectivity index (χ4v) is 2.75. The number of fused-ring (bicyclic) bond motifs is 1. The minimum Gasteiger partial charge on any atom is -0.496 e. The van der Waals surface area contributed by atoms with Crippen LogP contribution in [0.1, 0.15) is 22.1 Å². The van der Waals surface area contributed by atoms with Crippen molar-refractivity contribution in [3.05, 3.63) is 58.9 Å². The van der Waals surface area contributed by atoms with E-state index in [1.165, 1.54) is 12.1 Å². The SMILES string of the molecule is COc1ccc(F)cc1C(Cl)c1ccc2c(c1)CCO2. The molecule has 0 saturated heterocycles. The molecule has 1 aliphatic rings. The van der Waals surface area contributed by atoms with Crippen molar-refractivity contribution < 1.29 is 13.9 Å². The highest BCUT2D eigenvalue weighted by Gasteiger charge is 2.19. The standard InChI is InChI=1S/C16H14ClFO2/c1-19-15-5-3-12(18)9-13(15)16(17)11-2-4-14-10(8-11)6-7-20-14/h2-5,8-9,16H,6-7H2,1H3. The number of methoxy groups -OCH3 is 1. The maximum Gasteiger partial charge on any atom is 0.124 e. The molecule has 1 unspecified atom stereocenters. The molecule has 0 saturated carbocycles. The quantitative estimate of drug-likeness (QED) is 0.793. The molecule has 0 N–H and O–H groups in total. The van der Waals surface area contributed by atoms with Gasteiger partial charge in [-0.25, -0.2) is 4.39 Å². The van der Waals surface area contributed by atoms with Crippen molar-refractivity contribution in [2.75, 3.05) is 13.7 Å². The Morgan fingerprint density at radius 2 is 2.10 bits per heavy atom. The molecule has 0 fully saturated rings. The fraction of sp³-hybridized carbons (Fsp3) is 0.250. The number of ether oxygens (including phenoxy) is 2. The second-order valence-electron chi connectivity index (χ2n) is 4.71. The van der Waals surface area contributed by atoms with Crippen molar-refractivity contribution in [1.82, 2.24) is 0 Å². The molecule has 2 nitrogen and oxygen atoms in total. The van der Waals surface area contributed by atoms with Gasteiger partial charge in [-0.05, 0) is 35.4 Å². The molecule has 1 aliphatic heterocycles. The van der Waals surface area contributed by atoms with E-state index in [0.717, 1.165) is 23.3 Å². The van der Waals surface area contributed by atoms with Crippen molar-refractivity contribution in [2.45, 2.75) is 11.8 Å². The lowest BCUT2D eigenvalue weighted by Crippen LogP contribution is -1.99. The molecule has 4 heteroatoms. The van der Waals surface area contributed by atoms with E-state index in [9.17, 15) is 4.39 Å². The van der Waals surface area contributed by atoms with E-state index in [0.29, 0.717) is 17.9 Å². The molecule has 0 bridgehead atoms. The van der Waals surface area contributed by atoms with Crippen molar-refractivity contribution in [2.24, 2.45) is 0 Å². The third-order valence-corrected chi connectivity index (χ3v) is 3.96. The first kappa shape index (κ1) is 13.3. The van der Waals surface area contributed by atoms with Gasteiger partial charge in [0.05, 0.1) is 19.1 Å². The van der Waals surface area contributed by atoms with Crippen LogP contribution in [0.15, 0.2) is 36.4 Å². The average Bonchev–Trinajstić information content (AvgIpc) is 2.93. The molecule has 2 aromatic carbocycles. The Morgan fingerprint density at radius 1 is 1.25 bits per heavy atom. The smallest absolute Gasteiger partial charge is 0.124 e. The van der Waals surface area contributed by atoms with E-state index in [1.54, 1.807) is 13.2 Å². The molecule has 104 valence electrons. The Hall–Kier alpha value is -1.74. The first-order valence-electron chi connectivity index (χ1n) is 6.42. The van der Waals surface area contributed by atoms with Crippen LogP contribution in [-0.4, -0.2) is 13.7 Å². The predicted octanol–water partition coefficient (Wildman–Crippen LogP) is 4.10. The highest BCUT2D eigenvalue weighted by Crippen LogP contribution is 2.38. The highest BCUT2D eigenvalue weighted by molar-refractivity contribution is 6.22. The van der Waals surface area contributed by atoms with E-state index < -0.39 is 5.38 Å². The number of rotatable bonds is 3. The Balaban J connectivity index is 2.00. The molecule has 20 heavy (non-hydrogen) atoms. The molecule has 0 spiro atoms. The van der Waals surface area contributed by atoms with E-state index in [-0.39, 0.29) is 5.82 Å². The van der Waals surface area contributed by atoms with Crippen LogP contribution < -0.4 is 9.47 Å². The zero-order valence-electron chi connectivity index (χ0n) is 11.0. The highest BCUT2D eigenvalue weighted by atomic mass is 35.5. The Kier molecular flexibility index (Phi) is 3.53. The maximum atomic E-state index is 13.4. The van der Waals surface area contributed by atoms with Gasteiger partial charge in [0, 0.05) is 12.0 Å². The molecule has 0 aliphatic carbocycles. The van der Waals surface area contributed by atoms with Gasteiger partial charge >= 0.3 is 0 Å². The van der Waals surface area contributed by atoms with Crippen LogP contribution in [-0.2, 0) is 6.42 Å². The van der Waals surface area contributed by atoms with Crippen LogP contribution in [0.25, 0.3) is 0 Å². The normalized spacial score (nSPS) is 14.6. The topological polar surface area (TPSA) is 18.5 Å². The summed E-state index contributed by atoms with van der Waals surface area (Å²) in [6.07, 6.45) is 0.882. The molecule has 2 aromatic rings. The lowest BCUT2D eigenvalue weighted by atomic mass is 10.0. The summed E-state index contributed by atoms with van der Waals surface area (Å²) < 4.78 is 24.2. The van der Waals surface area contributed by atoms with E-state index in [2.05, 4.69) is 0 Å². The minimum atomic E-state index is -0.452. The van der Waals surface area contributed by atoms with Gasteiger partial charge in [-0.1, -0.05) is 12.1 Å². The summed E-state index contributed by atoms with van der Waals surface area (Å²) in [5.41, 5.74) is 2.69. The Labute approximate surface area is 122 Å². The molecule has 0 aromatic heterocycles. The van der Waals surface area contributed by atoms with E-state index >= 15 is 0 Å². The van der Waals surface area contributed by atoms with Gasteiger partial charge in [0.15, 0.2) is 0 Å². The van der Waals surface area contributed by atoms with Gasteiger partial charge in [-0.15, -0.1) is 11.6 Å². The van der Waals surface area contributed by atoms with Crippen molar-refractivity contribution in [3.8, 4) is 11.5 Å². The monoisotopic (exact) mass is 292 g/mol. The van der Waals surface area contributed by atoms with Gasteiger partial charge < -0.3 is 9.47 Å². The molecule has 3 rings (SSSR count). The first-order valence-corrected chi connectivity index (χ1v) is 6.86. The van der Waals surface area contributed by atoms with E-state index in [1.807, 2.05) is 18.2 Å². The number of hydrogen-bond donors (Lipinski definition) is 0. The van der Waals surface area contributed by atoms with Gasteiger partial charge in [0.2, 0.25) is 0 Å². The summed E-state index contributed by atoms with van der Waals surface area (Å²) in [5.74, 6) is 1.17. The molecular formula is C16H14ClFO2. The molecule has 0 radical (unpaired) electrons. The molecule has 1 atom stereocenters. The fourth-order valence-electron chi connectivity index (χ4n) is 2.45. The van der Waals surface area contributed by atoms with Crippen LogP contribution in [0.5, 0.6) is 11.5 Å². The van der Waals surface area contributed by atoms with Crippen LogP contribution in [0.2, 0.25) is 0 Å². The summed E-state index contributed by atoms with van der Waals surface area (Å²) in [7, 11) is 1.55. The number of benzene rings is 2. The molecule has 1 heterocycles. The van der Waals surface area contributed by atoms with Crippen LogP contribution >= 0.6 is 11.6 Å². The summed E-state index contributed by atoms with van der Waals surface area (Å²) in [6.45, 7) is 0.703. The average molecular weight is 293 g/mol. The summed E-state index contributed by atoms with van der Waals surface area (Å²) >= 11 is 6.50. The van der Waals surface area contributed by atoms with Crippen molar-refractivity contribution >= 4 is 11.6 Å². The lowest BCUT2D eigenvalue weighted by molar-refractivity contribution is 0.357. The lowest BCUT2D eigenvalue weighted by Gasteiger charge is -2.15. The van der Waals surface area contributed by atoms with Gasteiger partial charge in [0.1, 0.15) is 17.3 Å². The molecular weight excluding hydrogens is 279 g/mol. The van der Waals surface area contributed by atoms with E-state index in [4.69, 9.17) is 21.1 Å². The molecule has 0 amide bonds. The number of alkyl halides is 1. The second-order valence-corrected chi connectivity index (χ2v) is 5.15. The van der Waals surface area contributed by atoms with Crippen molar-refractivity contribution in [3.63, 3.8) is 0 Å². The Bertz CT molecular complexity index is 642. The first-order chi connectivity index (χ1) is 9.69. The Morgan fingerprint density at radius 3 is 2.90 bits per heavy atom. The largest absolute Gasteiger partial charge is 0.496 e. The predicted molar refractivity (Wildman–Crippen MR) is 76.3 cm³/mol.